The summed E-state index contributed by atoms with van der Waals surface area (Å²) in [4.78, 5) is 29.9. The van der Waals surface area contributed by atoms with Gasteiger partial charge in [0.15, 0.2) is 5.69 Å². The second-order valence-electron chi connectivity index (χ2n) is 5.19. The number of hydrogen-bond donors (Lipinski definition) is 3. The molecule has 0 radical (unpaired) electrons. The number of aryl methyl sites for hydroxylation is 1. The SMILES string of the molecule is Cc1[nH]nc(C(=O)NC2CC(c3cc(=O)[nH]cn3)C2)c1Cl. The molecular formula is C13H14ClN5O2. The van der Waals surface area contributed by atoms with E-state index in [-0.39, 0.29) is 29.1 Å². The van der Waals surface area contributed by atoms with Crippen molar-refractivity contribution in [3.63, 3.8) is 0 Å². The van der Waals surface area contributed by atoms with Crippen LogP contribution < -0.4 is 10.9 Å². The molecule has 0 bridgehead atoms. The quantitative estimate of drug-likeness (QED) is 0.790. The first kappa shape index (κ1) is 13.8. The average molecular weight is 308 g/mol. The summed E-state index contributed by atoms with van der Waals surface area (Å²) in [6, 6.07) is 1.55. The lowest BCUT2D eigenvalue weighted by Gasteiger charge is -2.35. The van der Waals surface area contributed by atoms with Crippen molar-refractivity contribution < 1.29 is 4.79 Å². The predicted molar refractivity (Wildman–Crippen MR) is 76.4 cm³/mol. The van der Waals surface area contributed by atoms with Gasteiger partial charge in [-0.15, -0.1) is 0 Å². The summed E-state index contributed by atoms with van der Waals surface area (Å²) in [5, 5.41) is 9.79. The molecule has 1 amide bonds. The first-order chi connectivity index (χ1) is 10.0. The van der Waals surface area contributed by atoms with Gasteiger partial charge in [0.25, 0.3) is 11.5 Å². The van der Waals surface area contributed by atoms with Crippen LogP contribution in [-0.4, -0.2) is 32.1 Å². The molecule has 3 N–H and O–H groups in total. The molecule has 110 valence electrons. The van der Waals surface area contributed by atoms with E-state index < -0.39 is 0 Å². The van der Waals surface area contributed by atoms with E-state index in [2.05, 4.69) is 25.5 Å². The van der Waals surface area contributed by atoms with E-state index in [1.807, 2.05) is 0 Å². The summed E-state index contributed by atoms with van der Waals surface area (Å²) in [5.74, 6) is -0.0827. The summed E-state index contributed by atoms with van der Waals surface area (Å²) in [7, 11) is 0. The second kappa shape index (κ2) is 5.33. The summed E-state index contributed by atoms with van der Waals surface area (Å²) < 4.78 is 0. The maximum absolute atomic E-state index is 12.0. The van der Waals surface area contributed by atoms with E-state index in [0.29, 0.717) is 10.7 Å². The van der Waals surface area contributed by atoms with E-state index in [4.69, 9.17) is 11.6 Å². The van der Waals surface area contributed by atoms with Crippen LogP contribution in [0.2, 0.25) is 5.02 Å². The number of rotatable bonds is 3. The van der Waals surface area contributed by atoms with Crippen LogP contribution in [0.25, 0.3) is 0 Å². The first-order valence-corrected chi connectivity index (χ1v) is 6.98. The first-order valence-electron chi connectivity index (χ1n) is 6.60. The molecule has 7 nitrogen and oxygen atoms in total. The van der Waals surface area contributed by atoms with Gasteiger partial charge in [0.2, 0.25) is 0 Å². The number of carbonyl (C=O) groups excluding carboxylic acids is 1. The molecule has 2 aromatic heterocycles. The Labute approximate surface area is 125 Å². The Hall–Kier alpha value is -2.15. The van der Waals surface area contributed by atoms with Crippen molar-refractivity contribution in [2.75, 3.05) is 0 Å². The van der Waals surface area contributed by atoms with Gasteiger partial charge in [-0.05, 0) is 19.8 Å². The van der Waals surface area contributed by atoms with Gasteiger partial charge in [-0.2, -0.15) is 5.10 Å². The van der Waals surface area contributed by atoms with Crippen LogP contribution in [-0.2, 0) is 0 Å². The molecule has 8 heteroatoms. The van der Waals surface area contributed by atoms with Crippen molar-refractivity contribution in [2.24, 2.45) is 0 Å². The molecule has 0 unspecified atom stereocenters. The van der Waals surface area contributed by atoms with Crippen LogP contribution >= 0.6 is 11.6 Å². The Morgan fingerprint density at radius 2 is 2.24 bits per heavy atom. The molecular weight excluding hydrogens is 294 g/mol. The third-order valence-electron chi connectivity index (χ3n) is 3.68. The number of nitrogens with one attached hydrogen (secondary N) is 3. The minimum absolute atomic E-state index is 0.0525. The number of carbonyl (C=O) groups is 1. The zero-order valence-corrected chi connectivity index (χ0v) is 12.1. The van der Waals surface area contributed by atoms with Gasteiger partial charge < -0.3 is 10.3 Å². The van der Waals surface area contributed by atoms with Gasteiger partial charge in [0.1, 0.15) is 0 Å². The van der Waals surface area contributed by atoms with Crippen LogP contribution in [0.15, 0.2) is 17.2 Å². The Kier molecular flexibility index (Phi) is 3.50. The molecule has 3 rings (SSSR count). The Morgan fingerprint density at radius 1 is 1.48 bits per heavy atom. The molecule has 2 aromatic rings. The van der Waals surface area contributed by atoms with Crippen LogP contribution in [0.3, 0.4) is 0 Å². The number of halogens is 1. The van der Waals surface area contributed by atoms with Gasteiger partial charge in [-0.1, -0.05) is 11.6 Å². The maximum atomic E-state index is 12.0. The molecule has 1 aliphatic carbocycles. The highest BCUT2D eigenvalue weighted by Crippen LogP contribution is 2.35. The molecule has 1 saturated carbocycles. The van der Waals surface area contributed by atoms with E-state index in [1.165, 1.54) is 12.4 Å². The highest BCUT2D eigenvalue weighted by Gasteiger charge is 2.33. The summed E-state index contributed by atoms with van der Waals surface area (Å²) in [5.41, 5.74) is 1.48. The average Bonchev–Trinajstić information content (AvgIpc) is 2.73. The molecule has 2 heterocycles. The Bertz CT molecular complexity index is 732. The van der Waals surface area contributed by atoms with Crippen molar-refractivity contribution in [3.8, 4) is 0 Å². The highest BCUT2D eigenvalue weighted by molar-refractivity contribution is 6.34. The van der Waals surface area contributed by atoms with Crippen LogP contribution in [0, 0.1) is 6.92 Å². The van der Waals surface area contributed by atoms with Gasteiger partial charge >= 0.3 is 0 Å². The van der Waals surface area contributed by atoms with Crippen LogP contribution in [0.4, 0.5) is 0 Å². The van der Waals surface area contributed by atoms with E-state index >= 15 is 0 Å². The van der Waals surface area contributed by atoms with Gasteiger partial charge in [0, 0.05) is 18.0 Å². The third-order valence-corrected chi connectivity index (χ3v) is 4.14. The van der Waals surface area contributed by atoms with Crippen molar-refractivity contribution in [3.05, 3.63) is 44.9 Å². The molecule has 1 aliphatic rings. The summed E-state index contributed by atoms with van der Waals surface area (Å²) in [6.45, 7) is 1.75. The minimum atomic E-state index is -0.285. The molecule has 21 heavy (non-hydrogen) atoms. The second-order valence-corrected chi connectivity index (χ2v) is 5.56. The number of hydrogen-bond acceptors (Lipinski definition) is 4. The fourth-order valence-corrected chi connectivity index (χ4v) is 2.57. The van der Waals surface area contributed by atoms with Gasteiger partial charge in [-0.25, -0.2) is 4.98 Å². The maximum Gasteiger partial charge on any atom is 0.273 e. The normalized spacial score (nSPS) is 20.9. The number of amides is 1. The zero-order chi connectivity index (χ0) is 15.0. The van der Waals surface area contributed by atoms with E-state index in [0.717, 1.165) is 18.5 Å². The molecule has 0 saturated heterocycles. The molecule has 0 aromatic carbocycles. The third kappa shape index (κ3) is 2.69. The molecule has 1 fully saturated rings. The fraction of sp³-hybridized carbons (Fsp3) is 0.385. The lowest BCUT2D eigenvalue weighted by atomic mass is 9.78. The largest absolute Gasteiger partial charge is 0.348 e. The Balaban J connectivity index is 1.59. The topological polar surface area (TPSA) is 104 Å². The Morgan fingerprint density at radius 3 is 2.86 bits per heavy atom. The van der Waals surface area contributed by atoms with Gasteiger partial charge in [-0.3, -0.25) is 14.7 Å². The monoisotopic (exact) mass is 307 g/mol. The van der Waals surface area contributed by atoms with E-state index in [9.17, 15) is 9.59 Å². The van der Waals surface area contributed by atoms with E-state index in [1.54, 1.807) is 6.92 Å². The highest BCUT2D eigenvalue weighted by atomic mass is 35.5. The van der Waals surface area contributed by atoms with Crippen molar-refractivity contribution >= 4 is 17.5 Å². The van der Waals surface area contributed by atoms with Crippen molar-refractivity contribution in [1.29, 1.82) is 0 Å². The molecule has 0 aliphatic heterocycles. The number of H-pyrrole nitrogens is 2. The standard InChI is InChI=1S/C13H14ClN5O2/c1-6-11(14)12(19-18-6)13(21)17-8-2-7(3-8)9-4-10(20)16-5-15-9/h4-5,7-8H,2-3H2,1H3,(H,17,21)(H,18,19)(H,15,16,20). The van der Waals surface area contributed by atoms with Crippen LogP contribution in [0.1, 0.15) is 40.6 Å². The molecule has 0 spiro atoms. The number of aromatic amines is 2. The summed E-state index contributed by atoms with van der Waals surface area (Å²) >= 11 is 5.99. The fourth-order valence-electron chi connectivity index (χ4n) is 2.40. The van der Waals surface area contributed by atoms with Gasteiger partial charge in [0.05, 0.1) is 22.7 Å². The van der Waals surface area contributed by atoms with Crippen molar-refractivity contribution in [1.82, 2.24) is 25.5 Å². The summed E-state index contributed by atoms with van der Waals surface area (Å²) in [6.07, 6.45) is 2.91. The van der Waals surface area contributed by atoms with Crippen LogP contribution in [0.5, 0.6) is 0 Å². The minimum Gasteiger partial charge on any atom is -0.348 e. The number of nitrogens with zero attached hydrogens (tertiary/aromatic N) is 2. The zero-order valence-electron chi connectivity index (χ0n) is 11.3. The molecule has 0 atom stereocenters. The number of aromatic nitrogens is 4. The smallest absolute Gasteiger partial charge is 0.273 e. The predicted octanol–water partition coefficient (Wildman–Crippen LogP) is 1.13. The van der Waals surface area contributed by atoms with Crippen molar-refractivity contribution in [2.45, 2.75) is 31.7 Å². The lowest BCUT2D eigenvalue weighted by Crippen LogP contribution is -2.44. The lowest BCUT2D eigenvalue weighted by molar-refractivity contribution is 0.0903.